The van der Waals surface area contributed by atoms with Crippen molar-refractivity contribution in [3.63, 3.8) is 0 Å². The van der Waals surface area contributed by atoms with Gasteiger partial charge in [0.25, 0.3) is 0 Å². The maximum absolute atomic E-state index is 5.57. The number of nitrogen functional groups attached to an aromatic ring is 1. The highest BCUT2D eigenvalue weighted by atomic mass is 32.1. The molecule has 0 aromatic carbocycles. The fraction of sp³-hybridized carbons (Fsp3) is 0.286. The van der Waals surface area contributed by atoms with E-state index in [0.717, 1.165) is 17.0 Å². The van der Waals surface area contributed by atoms with Gasteiger partial charge in [-0.05, 0) is 25.0 Å². The summed E-state index contributed by atoms with van der Waals surface area (Å²) in [7, 11) is 0. The van der Waals surface area contributed by atoms with Gasteiger partial charge in [0.1, 0.15) is 0 Å². The van der Waals surface area contributed by atoms with Crippen LogP contribution in [-0.2, 0) is 6.42 Å². The topological polar surface area (TPSA) is 26.0 Å². The van der Waals surface area contributed by atoms with Gasteiger partial charge >= 0.3 is 0 Å². The van der Waals surface area contributed by atoms with Crippen LogP contribution in [0.1, 0.15) is 17.4 Å². The van der Waals surface area contributed by atoms with Crippen molar-refractivity contribution < 1.29 is 0 Å². The molecule has 1 aromatic heterocycles. The number of aryl methyl sites for hydroxylation is 1. The van der Waals surface area contributed by atoms with Crippen LogP contribution in [0.2, 0.25) is 0 Å². The average Bonchev–Trinajstić information content (AvgIpc) is 2.13. The molecule has 1 aromatic rings. The van der Waals surface area contributed by atoms with Crippen molar-refractivity contribution >= 4 is 16.3 Å². The highest BCUT2D eigenvalue weighted by Gasteiger charge is 1.97. The van der Waals surface area contributed by atoms with Gasteiger partial charge in [-0.15, -0.1) is 11.3 Å². The van der Waals surface area contributed by atoms with Crippen LogP contribution in [0.3, 0.4) is 0 Å². The summed E-state index contributed by atoms with van der Waals surface area (Å²) in [6.07, 6.45) is 1.06. The standard InChI is InChI=1S/C7H10NS/c1-3-6-4-5(2)7(8)9-6/h4H,2-3,8H2,1H3. The summed E-state index contributed by atoms with van der Waals surface area (Å²) < 4.78 is 0. The van der Waals surface area contributed by atoms with Crippen molar-refractivity contribution in [3.05, 3.63) is 23.4 Å². The smallest absolute Gasteiger partial charge is 0.0891 e. The van der Waals surface area contributed by atoms with E-state index in [4.69, 9.17) is 5.73 Å². The minimum atomic E-state index is 0.854. The molecule has 0 aliphatic carbocycles. The molecule has 0 saturated carbocycles. The molecule has 0 saturated heterocycles. The van der Waals surface area contributed by atoms with E-state index in [1.54, 1.807) is 11.3 Å². The summed E-state index contributed by atoms with van der Waals surface area (Å²) in [5.74, 6) is 0. The Morgan fingerprint density at radius 2 is 2.44 bits per heavy atom. The SMILES string of the molecule is [CH2]c1cc(CC)sc1N. The van der Waals surface area contributed by atoms with Crippen LogP contribution in [-0.4, -0.2) is 0 Å². The molecule has 0 bridgehead atoms. The molecule has 9 heavy (non-hydrogen) atoms. The molecule has 1 heterocycles. The molecule has 0 spiro atoms. The molecule has 2 N–H and O–H groups in total. The van der Waals surface area contributed by atoms with E-state index in [2.05, 4.69) is 13.8 Å². The number of thiophene rings is 1. The van der Waals surface area contributed by atoms with Crippen molar-refractivity contribution in [3.8, 4) is 0 Å². The average molecular weight is 140 g/mol. The lowest BCUT2D eigenvalue weighted by Crippen LogP contribution is -1.78. The van der Waals surface area contributed by atoms with E-state index in [-0.39, 0.29) is 0 Å². The Kier molecular flexibility index (Phi) is 1.76. The van der Waals surface area contributed by atoms with Crippen molar-refractivity contribution in [1.29, 1.82) is 0 Å². The minimum absolute atomic E-state index is 0.854. The first-order valence-electron chi connectivity index (χ1n) is 2.94. The van der Waals surface area contributed by atoms with E-state index in [9.17, 15) is 0 Å². The third kappa shape index (κ3) is 1.24. The van der Waals surface area contributed by atoms with Crippen LogP contribution < -0.4 is 5.73 Å². The van der Waals surface area contributed by atoms with Crippen LogP contribution >= 0.6 is 11.3 Å². The normalized spacial score (nSPS) is 10.0. The monoisotopic (exact) mass is 140 g/mol. The Balaban J connectivity index is 2.98. The molecule has 0 atom stereocenters. The maximum Gasteiger partial charge on any atom is 0.0891 e. The first kappa shape index (κ1) is 6.62. The zero-order valence-electron chi connectivity index (χ0n) is 5.48. The van der Waals surface area contributed by atoms with Gasteiger partial charge in [0.15, 0.2) is 0 Å². The summed E-state index contributed by atoms with van der Waals surface area (Å²) in [6.45, 7) is 5.89. The van der Waals surface area contributed by atoms with Gasteiger partial charge in [0.2, 0.25) is 0 Å². The summed E-state index contributed by atoms with van der Waals surface area (Å²) in [5.41, 5.74) is 6.54. The zero-order chi connectivity index (χ0) is 6.85. The number of nitrogens with two attached hydrogens (primary N) is 1. The van der Waals surface area contributed by atoms with Crippen LogP contribution in [0.4, 0.5) is 5.00 Å². The third-order valence-corrected chi connectivity index (χ3v) is 2.39. The lowest BCUT2D eigenvalue weighted by Gasteiger charge is -1.81. The van der Waals surface area contributed by atoms with Gasteiger partial charge in [-0.25, -0.2) is 0 Å². The second-order valence-corrected chi connectivity index (χ2v) is 3.12. The minimum Gasteiger partial charge on any atom is -0.390 e. The molecule has 0 unspecified atom stereocenters. The highest BCUT2D eigenvalue weighted by Crippen LogP contribution is 2.23. The predicted molar refractivity (Wildman–Crippen MR) is 42.6 cm³/mol. The van der Waals surface area contributed by atoms with E-state index < -0.39 is 0 Å². The quantitative estimate of drug-likeness (QED) is 0.635. The van der Waals surface area contributed by atoms with E-state index in [1.165, 1.54) is 4.88 Å². The number of rotatable bonds is 1. The largest absolute Gasteiger partial charge is 0.390 e. The molecule has 0 amide bonds. The van der Waals surface area contributed by atoms with Gasteiger partial charge in [-0.1, -0.05) is 6.92 Å². The second kappa shape index (κ2) is 2.40. The van der Waals surface area contributed by atoms with Gasteiger partial charge in [0.05, 0.1) is 5.00 Å². The van der Waals surface area contributed by atoms with Crippen molar-refractivity contribution in [2.24, 2.45) is 0 Å². The molecule has 0 aliphatic rings. The fourth-order valence-electron chi connectivity index (χ4n) is 0.676. The summed E-state index contributed by atoms with van der Waals surface area (Å²) in [6, 6.07) is 2.04. The first-order valence-corrected chi connectivity index (χ1v) is 3.75. The van der Waals surface area contributed by atoms with Gasteiger partial charge in [0, 0.05) is 4.88 Å². The number of hydrogen-bond donors (Lipinski definition) is 1. The Labute approximate surface area is 59.5 Å². The molecule has 1 rings (SSSR count). The molecular formula is C7H10NS. The third-order valence-electron chi connectivity index (χ3n) is 1.24. The van der Waals surface area contributed by atoms with Gasteiger partial charge in [-0.3, -0.25) is 0 Å². The van der Waals surface area contributed by atoms with Crippen molar-refractivity contribution in [2.45, 2.75) is 13.3 Å². The lowest BCUT2D eigenvalue weighted by molar-refractivity contribution is 1.18. The molecule has 49 valence electrons. The summed E-state index contributed by atoms with van der Waals surface area (Å²) in [5, 5.41) is 0.854. The number of anilines is 1. The van der Waals surface area contributed by atoms with E-state index >= 15 is 0 Å². The first-order chi connectivity index (χ1) is 4.24. The predicted octanol–water partition coefficient (Wildman–Crippen LogP) is 2.07. The molecule has 1 nitrogen and oxygen atoms in total. The molecule has 2 heteroatoms. The highest BCUT2D eigenvalue weighted by molar-refractivity contribution is 7.16. The lowest BCUT2D eigenvalue weighted by atomic mass is 10.3. The van der Waals surface area contributed by atoms with Crippen LogP contribution in [0.5, 0.6) is 0 Å². The van der Waals surface area contributed by atoms with Crippen molar-refractivity contribution in [2.75, 3.05) is 5.73 Å². The fourth-order valence-corrected chi connectivity index (χ4v) is 1.49. The Hall–Kier alpha value is -0.500. The molecular weight excluding hydrogens is 130 g/mol. The summed E-state index contributed by atoms with van der Waals surface area (Å²) in [4.78, 5) is 1.32. The van der Waals surface area contributed by atoms with Gasteiger partial charge in [-0.2, -0.15) is 0 Å². The van der Waals surface area contributed by atoms with Crippen LogP contribution in [0, 0.1) is 6.92 Å². The molecule has 0 aliphatic heterocycles. The van der Waals surface area contributed by atoms with Gasteiger partial charge < -0.3 is 5.73 Å². The zero-order valence-corrected chi connectivity index (χ0v) is 6.29. The summed E-state index contributed by atoms with van der Waals surface area (Å²) >= 11 is 1.63. The Bertz CT molecular complexity index is 183. The Morgan fingerprint density at radius 1 is 1.78 bits per heavy atom. The van der Waals surface area contributed by atoms with Crippen molar-refractivity contribution in [1.82, 2.24) is 0 Å². The van der Waals surface area contributed by atoms with E-state index in [0.29, 0.717) is 0 Å². The molecule has 0 fully saturated rings. The second-order valence-electron chi connectivity index (χ2n) is 1.96. The van der Waals surface area contributed by atoms with Crippen LogP contribution in [0.15, 0.2) is 6.07 Å². The number of hydrogen-bond acceptors (Lipinski definition) is 2. The molecule has 1 radical (unpaired) electrons. The Morgan fingerprint density at radius 3 is 2.67 bits per heavy atom. The van der Waals surface area contributed by atoms with Crippen LogP contribution in [0.25, 0.3) is 0 Å². The van der Waals surface area contributed by atoms with E-state index in [1.807, 2.05) is 6.07 Å². The maximum atomic E-state index is 5.57.